The van der Waals surface area contributed by atoms with Gasteiger partial charge >= 0.3 is 0 Å². The molecule has 8 heavy (non-hydrogen) atoms. The van der Waals surface area contributed by atoms with Crippen molar-refractivity contribution in [3.8, 4) is 6.07 Å². The van der Waals surface area contributed by atoms with Crippen LogP contribution in [0.5, 0.6) is 0 Å². The van der Waals surface area contributed by atoms with Gasteiger partial charge in [0.2, 0.25) is 0 Å². The third-order valence-electron chi connectivity index (χ3n) is 0.603. The van der Waals surface area contributed by atoms with Gasteiger partial charge in [-0.05, 0) is 13.8 Å². The molecule has 0 N–H and O–H groups in total. The van der Waals surface area contributed by atoms with Crippen LogP contribution in [0.3, 0.4) is 0 Å². The van der Waals surface area contributed by atoms with Gasteiger partial charge in [-0.1, -0.05) is 0 Å². The number of ether oxygens (including phenoxy) is 1. The zero-order valence-corrected chi connectivity index (χ0v) is 5.14. The summed E-state index contributed by atoms with van der Waals surface area (Å²) < 4.78 is 4.80. The number of hydrogen-bond acceptors (Lipinski definition) is 2. The lowest BCUT2D eigenvalue weighted by molar-refractivity contribution is 0.267. The van der Waals surface area contributed by atoms with E-state index in [1.165, 1.54) is 6.26 Å². The molecule has 0 aliphatic rings. The van der Waals surface area contributed by atoms with Crippen molar-refractivity contribution in [2.45, 2.75) is 13.8 Å². The standard InChI is InChI=1S/C6H9NO/c1-3-8-5-6(2)4-7/h5H,3H2,1-2H3/b6-5+. The summed E-state index contributed by atoms with van der Waals surface area (Å²) in [4.78, 5) is 0. The quantitative estimate of drug-likeness (QED) is 0.399. The van der Waals surface area contributed by atoms with Crippen LogP contribution >= 0.6 is 0 Å². The van der Waals surface area contributed by atoms with Crippen molar-refractivity contribution in [2.75, 3.05) is 6.61 Å². The van der Waals surface area contributed by atoms with E-state index in [4.69, 9.17) is 10.00 Å². The Morgan fingerprint density at radius 3 is 2.88 bits per heavy atom. The molecule has 2 nitrogen and oxygen atoms in total. The zero-order valence-electron chi connectivity index (χ0n) is 5.14. The van der Waals surface area contributed by atoms with Crippen LogP contribution in [0.2, 0.25) is 0 Å². The number of hydrogen-bond donors (Lipinski definition) is 0. The van der Waals surface area contributed by atoms with Gasteiger partial charge in [0.25, 0.3) is 0 Å². The van der Waals surface area contributed by atoms with Gasteiger partial charge in [0.1, 0.15) is 0 Å². The molecule has 0 spiro atoms. The SMILES string of the molecule is CCO/C=C(\C)C#N. The lowest BCUT2D eigenvalue weighted by Gasteiger charge is -1.90. The monoisotopic (exact) mass is 111 g/mol. The average Bonchev–Trinajstić information content (AvgIpc) is 1.83. The topological polar surface area (TPSA) is 33.0 Å². The van der Waals surface area contributed by atoms with Crippen LogP contribution in [0.25, 0.3) is 0 Å². The average molecular weight is 111 g/mol. The van der Waals surface area contributed by atoms with Crippen LogP contribution in [0.15, 0.2) is 11.8 Å². The van der Waals surface area contributed by atoms with Crippen LogP contribution in [0.4, 0.5) is 0 Å². The molecule has 0 amide bonds. The summed E-state index contributed by atoms with van der Waals surface area (Å²) in [5.74, 6) is 0. The summed E-state index contributed by atoms with van der Waals surface area (Å²) in [6, 6.07) is 1.94. The van der Waals surface area contributed by atoms with Gasteiger partial charge in [-0.25, -0.2) is 0 Å². The molecule has 0 atom stereocenters. The van der Waals surface area contributed by atoms with Crippen molar-refractivity contribution in [1.29, 1.82) is 5.26 Å². The molecule has 0 aromatic rings. The maximum Gasteiger partial charge on any atom is 0.0976 e. The van der Waals surface area contributed by atoms with Crippen LogP contribution < -0.4 is 0 Å². The first-order valence-corrected chi connectivity index (χ1v) is 2.49. The molecule has 0 bridgehead atoms. The van der Waals surface area contributed by atoms with E-state index in [1.54, 1.807) is 6.92 Å². The lowest BCUT2D eigenvalue weighted by atomic mass is 10.4. The minimum Gasteiger partial charge on any atom is -0.500 e. The van der Waals surface area contributed by atoms with E-state index >= 15 is 0 Å². The van der Waals surface area contributed by atoms with Gasteiger partial charge in [0, 0.05) is 0 Å². The molecule has 0 fully saturated rings. The Morgan fingerprint density at radius 1 is 1.88 bits per heavy atom. The van der Waals surface area contributed by atoms with E-state index < -0.39 is 0 Å². The number of nitrogens with zero attached hydrogens (tertiary/aromatic N) is 1. The Hall–Kier alpha value is -0.970. The van der Waals surface area contributed by atoms with Crippen LogP contribution in [-0.2, 0) is 4.74 Å². The maximum atomic E-state index is 8.16. The third kappa shape index (κ3) is 3.23. The first-order valence-electron chi connectivity index (χ1n) is 2.49. The van der Waals surface area contributed by atoms with Crippen molar-refractivity contribution in [1.82, 2.24) is 0 Å². The molecule has 44 valence electrons. The summed E-state index contributed by atoms with van der Waals surface area (Å²) in [6.45, 7) is 4.20. The van der Waals surface area contributed by atoms with Crippen molar-refractivity contribution < 1.29 is 4.74 Å². The third-order valence-corrected chi connectivity index (χ3v) is 0.603. The second-order valence-corrected chi connectivity index (χ2v) is 1.37. The molecule has 0 aromatic carbocycles. The maximum absolute atomic E-state index is 8.16. The van der Waals surface area contributed by atoms with Gasteiger partial charge in [-0.15, -0.1) is 0 Å². The van der Waals surface area contributed by atoms with E-state index in [1.807, 2.05) is 13.0 Å². The molecule has 2 heteroatoms. The van der Waals surface area contributed by atoms with Gasteiger partial charge in [-0.3, -0.25) is 0 Å². The highest BCUT2D eigenvalue weighted by atomic mass is 16.5. The van der Waals surface area contributed by atoms with Crippen LogP contribution in [0.1, 0.15) is 13.8 Å². The summed E-state index contributed by atoms with van der Waals surface area (Å²) in [6.07, 6.45) is 1.46. The second kappa shape index (κ2) is 4.20. The fraction of sp³-hybridized carbons (Fsp3) is 0.500. The first-order chi connectivity index (χ1) is 3.81. The highest BCUT2D eigenvalue weighted by Crippen LogP contribution is 1.87. The Balaban J connectivity index is 3.46. The Morgan fingerprint density at radius 2 is 2.50 bits per heavy atom. The Kier molecular flexibility index (Phi) is 3.69. The fourth-order valence-electron chi connectivity index (χ4n) is 0.235. The molecule has 0 radical (unpaired) electrons. The Bertz CT molecular complexity index is 121. The second-order valence-electron chi connectivity index (χ2n) is 1.37. The summed E-state index contributed by atoms with van der Waals surface area (Å²) >= 11 is 0. The highest BCUT2D eigenvalue weighted by Gasteiger charge is 1.79. The predicted molar refractivity (Wildman–Crippen MR) is 31.0 cm³/mol. The summed E-state index contributed by atoms with van der Waals surface area (Å²) in [5.41, 5.74) is 0.604. The van der Waals surface area contributed by atoms with E-state index in [2.05, 4.69) is 0 Å². The van der Waals surface area contributed by atoms with Crippen molar-refractivity contribution in [2.24, 2.45) is 0 Å². The molecule has 0 unspecified atom stereocenters. The minimum atomic E-state index is 0.604. The van der Waals surface area contributed by atoms with Crippen LogP contribution in [0, 0.1) is 11.3 Å². The van der Waals surface area contributed by atoms with Crippen molar-refractivity contribution in [3.05, 3.63) is 11.8 Å². The predicted octanol–water partition coefficient (Wildman–Crippen LogP) is 1.45. The molecule has 0 aliphatic heterocycles. The molecule has 0 saturated carbocycles. The van der Waals surface area contributed by atoms with Gasteiger partial charge in [0.05, 0.1) is 24.5 Å². The summed E-state index contributed by atoms with van der Waals surface area (Å²) in [5, 5.41) is 8.16. The molecule has 0 saturated heterocycles. The van der Waals surface area contributed by atoms with Gasteiger partial charge in [0.15, 0.2) is 0 Å². The van der Waals surface area contributed by atoms with Crippen molar-refractivity contribution in [3.63, 3.8) is 0 Å². The largest absolute Gasteiger partial charge is 0.500 e. The van der Waals surface area contributed by atoms with E-state index in [0.717, 1.165) is 0 Å². The molecular weight excluding hydrogens is 102 g/mol. The number of rotatable bonds is 2. The summed E-state index contributed by atoms with van der Waals surface area (Å²) in [7, 11) is 0. The molecule has 0 rings (SSSR count). The highest BCUT2D eigenvalue weighted by molar-refractivity contribution is 5.14. The van der Waals surface area contributed by atoms with E-state index in [9.17, 15) is 0 Å². The van der Waals surface area contributed by atoms with E-state index in [0.29, 0.717) is 12.2 Å². The Labute approximate surface area is 49.4 Å². The van der Waals surface area contributed by atoms with Gasteiger partial charge < -0.3 is 4.74 Å². The molecule has 0 aliphatic carbocycles. The molecular formula is C6H9NO. The van der Waals surface area contributed by atoms with E-state index in [-0.39, 0.29) is 0 Å². The molecule has 0 aromatic heterocycles. The normalized spacial score (nSPS) is 10.4. The van der Waals surface area contributed by atoms with Gasteiger partial charge in [-0.2, -0.15) is 5.26 Å². The first kappa shape index (κ1) is 7.03. The fourth-order valence-corrected chi connectivity index (χ4v) is 0.235. The number of allylic oxidation sites excluding steroid dienone is 1. The van der Waals surface area contributed by atoms with Crippen molar-refractivity contribution >= 4 is 0 Å². The number of nitriles is 1. The minimum absolute atomic E-state index is 0.604. The molecule has 0 heterocycles. The smallest absolute Gasteiger partial charge is 0.0976 e. The zero-order chi connectivity index (χ0) is 6.41. The lowest BCUT2D eigenvalue weighted by Crippen LogP contribution is -1.78. The van der Waals surface area contributed by atoms with Crippen LogP contribution in [-0.4, -0.2) is 6.61 Å².